The van der Waals surface area contributed by atoms with Crippen LogP contribution in [0, 0.1) is 0 Å². The largest absolute Gasteiger partial charge is 0.508 e. The molecule has 1 aliphatic heterocycles. The van der Waals surface area contributed by atoms with Gasteiger partial charge in [0, 0.05) is 36.4 Å². The number of anilines is 1. The molecule has 0 saturated heterocycles. The molecule has 0 radical (unpaired) electrons. The average molecular weight is 390 g/mol. The number of nitrogens with zero attached hydrogens (tertiary/aromatic N) is 1. The van der Waals surface area contributed by atoms with Crippen molar-refractivity contribution in [3.8, 4) is 17.2 Å². The normalized spacial score (nSPS) is 12.8. The molecule has 0 aliphatic carbocycles. The minimum atomic E-state index is -0.183. The van der Waals surface area contributed by atoms with E-state index in [1.807, 2.05) is 30.3 Å². The predicted octanol–water partition coefficient (Wildman–Crippen LogP) is 3.61. The fraction of sp³-hybridized carbons (Fsp3) is 0.174. The molecule has 3 aromatic rings. The molecule has 0 bridgehead atoms. The van der Waals surface area contributed by atoms with Crippen molar-refractivity contribution in [1.82, 2.24) is 4.90 Å². The number of phenols is 3. The fourth-order valence-corrected chi connectivity index (χ4v) is 3.62. The Morgan fingerprint density at radius 2 is 1.69 bits per heavy atom. The SMILES string of the molecule is O=C1c2c(O)ccc(NCc3cc(O)ccc3O)c2CN1CCc1ccccc1. The number of rotatable bonds is 6. The van der Waals surface area contributed by atoms with Gasteiger partial charge in [0.15, 0.2) is 0 Å². The summed E-state index contributed by atoms with van der Waals surface area (Å²) in [6.45, 7) is 1.24. The number of hydrogen-bond donors (Lipinski definition) is 4. The number of nitrogens with one attached hydrogen (secondary N) is 1. The summed E-state index contributed by atoms with van der Waals surface area (Å²) in [5, 5.41) is 33.0. The van der Waals surface area contributed by atoms with Crippen LogP contribution in [0.3, 0.4) is 0 Å². The number of carbonyl (C=O) groups excluding carboxylic acids is 1. The highest BCUT2D eigenvalue weighted by Gasteiger charge is 2.32. The van der Waals surface area contributed by atoms with Crippen LogP contribution in [0.25, 0.3) is 0 Å². The summed E-state index contributed by atoms with van der Waals surface area (Å²) in [6, 6.07) is 17.5. The number of carbonyl (C=O) groups is 1. The summed E-state index contributed by atoms with van der Waals surface area (Å²) in [4.78, 5) is 14.6. The van der Waals surface area contributed by atoms with E-state index in [1.165, 1.54) is 24.3 Å². The molecule has 29 heavy (non-hydrogen) atoms. The van der Waals surface area contributed by atoms with Gasteiger partial charge in [-0.25, -0.2) is 0 Å². The lowest BCUT2D eigenvalue weighted by molar-refractivity contribution is 0.0778. The van der Waals surface area contributed by atoms with Gasteiger partial charge >= 0.3 is 0 Å². The van der Waals surface area contributed by atoms with Gasteiger partial charge in [0.25, 0.3) is 5.91 Å². The Labute approximate surface area is 168 Å². The molecule has 1 heterocycles. The zero-order valence-electron chi connectivity index (χ0n) is 15.8. The maximum Gasteiger partial charge on any atom is 0.258 e. The Balaban J connectivity index is 1.51. The summed E-state index contributed by atoms with van der Waals surface area (Å²) >= 11 is 0. The van der Waals surface area contributed by atoms with Gasteiger partial charge in [0.05, 0.1) is 5.56 Å². The Morgan fingerprint density at radius 1 is 0.931 bits per heavy atom. The van der Waals surface area contributed by atoms with Gasteiger partial charge in [0.2, 0.25) is 0 Å². The lowest BCUT2D eigenvalue weighted by Crippen LogP contribution is -2.26. The summed E-state index contributed by atoms with van der Waals surface area (Å²) in [7, 11) is 0. The first-order valence-corrected chi connectivity index (χ1v) is 9.45. The van der Waals surface area contributed by atoms with Crippen LogP contribution >= 0.6 is 0 Å². The van der Waals surface area contributed by atoms with Gasteiger partial charge in [-0.15, -0.1) is 0 Å². The monoisotopic (exact) mass is 390 g/mol. The van der Waals surface area contributed by atoms with Crippen molar-refractivity contribution < 1.29 is 20.1 Å². The van der Waals surface area contributed by atoms with Crippen molar-refractivity contribution in [3.05, 3.63) is 82.9 Å². The van der Waals surface area contributed by atoms with Gasteiger partial charge in [0.1, 0.15) is 17.2 Å². The van der Waals surface area contributed by atoms with Crippen LogP contribution in [0.15, 0.2) is 60.7 Å². The molecule has 6 nitrogen and oxygen atoms in total. The van der Waals surface area contributed by atoms with Crippen LogP contribution in [-0.4, -0.2) is 32.7 Å². The number of amides is 1. The fourth-order valence-electron chi connectivity index (χ4n) is 3.62. The van der Waals surface area contributed by atoms with Crippen LogP contribution in [0.4, 0.5) is 5.69 Å². The first-order valence-electron chi connectivity index (χ1n) is 9.45. The molecular formula is C23H22N2O4. The molecule has 0 aromatic heterocycles. The Bertz CT molecular complexity index is 1050. The smallest absolute Gasteiger partial charge is 0.258 e. The molecule has 3 aromatic carbocycles. The summed E-state index contributed by atoms with van der Waals surface area (Å²) in [5.74, 6) is -0.0701. The molecule has 4 rings (SSSR count). The van der Waals surface area contributed by atoms with E-state index < -0.39 is 0 Å². The van der Waals surface area contributed by atoms with E-state index in [2.05, 4.69) is 5.32 Å². The van der Waals surface area contributed by atoms with E-state index in [1.54, 1.807) is 11.0 Å². The van der Waals surface area contributed by atoms with E-state index >= 15 is 0 Å². The second-order valence-electron chi connectivity index (χ2n) is 7.11. The van der Waals surface area contributed by atoms with Crippen molar-refractivity contribution in [2.75, 3.05) is 11.9 Å². The highest BCUT2D eigenvalue weighted by Crippen LogP contribution is 2.36. The van der Waals surface area contributed by atoms with Crippen molar-refractivity contribution in [2.45, 2.75) is 19.5 Å². The summed E-state index contributed by atoms with van der Waals surface area (Å²) in [5.41, 5.74) is 3.47. The molecule has 0 atom stereocenters. The first kappa shape index (κ1) is 18.7. The molecule has 148 valence electrons. The van der Waals surface area contributed by atoms with E-state index in [-0.39, 0.29) is 29.7 Å². The first-order chi connectivity index (χ1) is 14.0. The van der Waals surface area contributed by atoms with Crippen LogP contribution in [0.1, 0.15) is 27.0 Å². The van der Waals surface area contributed by atoms with Crippen LogP contribution in [-0.2, 0) is 19.5 Å². The standard InChI is InChI=1S/C23H22N2O4/c26-17-6-8-20(27)16(12-17)13-24-19-7-9-21(28)22-18(19)14-25(23(22)29)11-10-15-4-2-1-3-5-15/h1-9,12,24,26-28H,10-11,13-14H2. The highest BCUT2D eigenvalue weighted by atomic mass is 16.3. The van der Waals surface area contributed by atoms with E-state index in [0.29, 0.717) is 24.2 Å². The molecule has 1 amide bonds. The number of aromatic hydroxyl groups is 3. The van der Waals surface area contributed by atoms with Gasteiger partial charge in [-0.3, -0.25) is 4.79 Å². The number of phenolic OH excluding ortho intramolecular Hbond substituents is 3. The Morgan fingerprint density at radius 3 is 2.48 bits per heavy atom. The van der Waals surface area contributed by atoms with E-state index in [0.717, 1.165) is 23.2 Å². The Kier molecular flexibility index (Phi) is 4.99. The summed E-state index contributed by atoms with van der Waals surface area (Å²) in [6.07, 6.45) is 0.737. The Hall–Kier alpha value is -3.67. The van der Waals surface area contributed by atoms with Crippen molar-refractivity contribution in [3.63, 3.8) is 0 Å². The predicted molar refractivity (Wildman–Crippen MR) is 110 cm³/mol. The molecule has 0 unspecified atom stereocenters. The second-order valence-corrected chi connectivity index (χ2v) is 7.11. The molecule has 0 spiro atoms. The highest BCUT2D eigenvalue weighted by molar-refractivity contribution is 6.02. The van der Waals surface area contributed by atoms with Gasteiger partial charge in [-0.2, -0.15) is 0 Å². The third-order valence-electron chi connectivity index (χ3n) is 5.19. The number of benzene rings is 3. The van der Waals surface area contributed by atoms with Crippen LogP contribution in [0.5, 0.6) is 17.2 Å². The van der Waals surface area contributed by atoms with Gasteiger partial charge in [-0.05, 0) is 42.3 Å². The van der Waals surface area contributed by atoms with Crippen molar-refractivity contribution in [1.29, 1.82) is 0 Å². The average Bonchev–Trinajstić information content (AvgIpc) is 3.06. The maximum atomic E-state index is 12.8. The van der Waals surface area contributed by atoms with Gasteiger partial charge < -0.3 is 25.5 Å². The zero-order valence-corrected chi connectivity index (χ0v) is 15.8. The number of fused-ring (bicyclic) bond motifs is 1. The van der Waals surface area contributed by atoms with E-state index in [4.69, 9.17) is 0 Å². The lowest BCUT2D eigenvalue weighted by Gasteiger charge is -2.16. The minimum Gasteiger partial charge on any atom is -0.508 e. The van der Waals surface area contributed by atoms with Crippen LogP contribution < -0.4 is 5.32 Å². The van der Waals surface area contributed by atoms with Crippen molar-refractivity contribution in [2.24, 2.45) is 0 Å². The van der Waals surface area contributed by atoms with E-state index in [9.17, 15) is 20.1 Å². The van der Waals surface area contributed by atoms with Crippen molar-refractivity contribution >= 4 is 11.6 Å². The molecule has 0 saturated carbocycles. The second kappa shape index (κ2) is 7.75. The van der Waals surface area contributed by atoms with Gasteiger partial charge in [-0.1, -0.05) is 30.3 Å². The minimum absolute atomic E-state index is 0.0297. The van der Waals surface area contributed by atoms with Crippen LogP contribution in [0.2, 0.25) is 0 Å². The lowest BCUT2D eigenvalue weighted by atomic mass is 10.1. The summed E-state index contributed by atoms with van der Waals surface area (Å²) < 4.78 is 0. The molecular weight excluding hydrogens is 368 g/mol. The third-order valence-corrected chi connectivity index (χ3v) is 5.19. The third kappa shape index (κ3) is 3.82. The molecule has 1 aliphatic rings. The molecule has 4 N–H and O–H groups in total. The number of hydrogen-bond acceptors (Lipinski definition) is 5. The topological polar surface area (TPSA) is 93.0 Å². The molecule has 0 fully saturated rings. The maximum absolute atomic E-state index is 12.8. The molecule has 6 heteroatoms. The zero-order chi connectivity index (χ0) is 20.4. The quantitative estimate of drug-likeness (QED) is 0.483.